The van der Waals surface area contributed by atoms with Crippen LogP contribution in [-0.2, 0) is 0 Å². The second-order valence-electron chi connectivity index (χ2n) is 5.36. The molecule has 0 saturated heterocycles. The molecule has 2 aromatic rings. The Morgan fingerprint density at radius 3 is 2.81 bits per heavy atom. The van der Waals surface area contributed by atoms with Crippen molar-refractivity contribution in [1.29, 1.82) is 0 Å². The number of aromatic nitrogens is 5. The Bertz CT molecular complexity index is 592. The first-order valence-corrected chi connectivity index (χ1v) is 8.26. The van der Waals surface area contributed by atoms with E-state index in [-0.39, 0.29) is 0 Å². The van der Waals surface area contributed by atoms with E-state index in [1.807, 2.05) is 0 Å². The van der Waals surface area contributed by atoms with E-state index < -0.39 is 0 Å². The topological polar surface area (TPSA) is 79.4 Å². The quantitative estimate of drug-likeness (QED) is 0.862. The fraction of sp³-hybridized carbons (Fsp3) is 0.571. The molecule has 3 rings (SSSR count). The van der Waals surface area contributed by atoms with Crippen LogP contribution in [0.25, 0.3) is 11.5 Å². The zero-order valence-electron chi connectivity index (χ0n) is 12.1. The number of hydrogen-bond acceptors (Lipinski definition) is 5. The average molecular weight is 351 g/mol. The van der Waals surface area contributed by atoms with Crippen LogP contribution < -0.4 is 5.32 Å². The predicted molar refractivity (Wildman–Crippen MR) is 85.1 cm³/mol. The van der Waals surface area contributed by atoms with Gasteiger partial charge in [0.2, 0.25) is 0 Å². The maximum absolute atomic E-state index is 4.75. The van der Waals surface area contributed by atoms with Crippen molar-refractivity contribution >= 4 is 21.7 Å². The second-order valence-corrected chi connectivity index (χ2v) is 6.15. The van der Waals surface area contributed by atoms with Crippen molar-refractivity contribution in [2.24, 2.45) is 0 Å². The molecule has 0 aliphatic heterocycles. The second kappa shape index (κ2) is 6.51. The summed E-state index contributed by atoms with van der Waals surface area (Å²) in [5.41, 5.74) is 1.78. The van der Waals surface area contributed by atoms with Crippen LogP contribution in [0.3, 0.4) is 0 Å². The molecule has 0 atom stereocenters. The maximum Gasteiger partial charge on any atom is 0.184 e. The normalized spacial score (nSPS) is 15.5. The molecule has 0 unspecified atom stereocenters. The van der Waals surface area contributed by atoms with E-state index in [2.05, 4.69) is 48.6 Å². The summed E-state index contributed by atoms with van der Waals surface area (Å²) in [6.07, 6.45) is 7.65. The first-order valence-electron chi connectivity index (χ1n) is 7.47. The summed E-state index contributed by atoms with van der Waals surface area (Å²) in [4.78, 5) is 9.34. The van der Waals surface area contributed by atoms with Crippen molar-refractivity contribution in [3.05, 3.63) is 16.4 Å². The van der Waals surface area contributed by atoms with Gasteiger partial charge in [-0.2, -0.15) is 15.4 Å². The molecule has 21 heavy (non-hydrogen) atoms. The van der Waals surface area contributed by atoms with Gasteiger partial charge in [0.05, 0.1) is 16.4 Å². The Kier molecular flexibility index (Phi) is 4.48. The molecule has 6 nitrogen and oxygen atoms in total. The Labute approximate surface area is 132 Å². The van der Waals surface area contributed by atoms with Crippen LogP contribution in [0.4, 0.5) is 5.82 Å². The first-order chi connectivity index (χ1) is 10.3. The molecule has 0 bridgehead atoms. The lowest BCUT2D eigenvalue weighted by Gasteiger charge is -2.15. The monoisotopic (exact) mass is 350 g/mol. The molecule has 0 spiro atoms. The number of halogens is 1. The van der Waals surface area contributed by atoms with Gasteiger partial charge < -0.3 is 5.32 Å². The lowest BCUT2D eigenvalue weighted by atomic mass is 10.0. The molecule has 0 amide bonds. The summed E-state index contributed by atoms with van der Waals surface area (Å²) in [6.45, 7) is 3.02. The molecule has 2 N–H and O–H groups in total. The van der Waals surface area contributed by atoms with Gasteiger partial charge in [-0.05, 0) is 35.2 Å². The summed E-state index contributed by atoms with van der Waals surface area (Å²) in [6, 6.07) is 0. The fourth-order valence-corrected chi connectivity index (χ4v) is 3.36. The van der Waals surface area contributed by atoms with E-state index >= 15 is 0 Å². The van der Waals surface area contributed by atoms with E-state index in [9.17, 15) is 0 Å². The van der Waals surface area contributed by atoms with Crippen LogP contribution in [0.5, 0.6) is 0 Å². The largest absolute Gasteiger partial charge is 0.369 e. The molecule has 112 valence electrons. The number of H-pyrrole nitrogens is 1. The van der Waals surface area contributed by atoms with Gasteiger partial charge in [-0.15, -0.1) is 0 Å². The van der Waals surface area contributed by atoms with Gasteiger partial charge >= 0.3 is 0 Å². The van der Waals surface area contributed by atoms with Crippen LogP contribution in [-0.4, -0.2) is 31.9 Å². The van der Waals surface area contributed by atoms with Gasteiger partial charge in [0.1, 0.15) is 11.5 Å². The summed E-state index contributed by atoms with van der Waals surface area (Å²) < 4.78 is 0.995. The number of nitrogens with one attached hydrogen (secondary N) is 2. The average Bonchev–Trinajstić information content (AvgIpc) is 3.19. The lowest BCUT2D eigenvalue weighted by Crippen LogP contribution is -2.09. The first kappa shape index (κ1) is 14.4. The highest BCUT2D eigenvalue weighted by Gasteiger charge is 2.24. The number of rotatable bonds is 5. The third-order valence-electron chi connectivity index (χ3n) is 3.81. The third kappa shape index (κ3) is 3.07. The molecule has 0 aromatic carbocycles. The van der Waals surface area contributed by atoms with E-state index in [0.29, 0.717) is 17.4 Å². The molecule has 1 aliphatic rings. The van der Waals surface area contributed by atoms with Crippen LogP contribution >= 0.6 is 15.9 Å². The summed E-state index contributed by atoms with van der Waals surface area (Å²) >= 11 is 3.69. The van der Waals surface area contributed by atoms with Crippen LogP contribution in [0.1, 0.15) is 50.6 Å². The predicted octanol–water partition coefficient (Wildman–Crippen LogP) is 3.50. The molecule has 2 aromatic heterocycles. The molecule has 0 radical (unpaired) electrons. The van der Waals surface area contributed by atoms with E-state index in [1.165, 1.54) is 25.7 Å². The highest BCUT2D eigenvalue weighted by molar-refractivity contribution is 9.10. The standard InChI is InChI=1S/C14H19BrN6/c1-2-7-16-14-11(15)12(9-5-3-4-6-9)18-13(19-14)10-8-17-21-20-10/h8-9H,2-7H2,1H3,(H,16,18,19)(H,17,20,21). The maximum atomic E-state index is 4.75. The number of nitrogens with zero attached hydrogens (tertiary/aromatic N) is 4. The van der Waals surface area contributed by atoms with Gasteiger partial charge in [-0.3, -0.25) is 0 Å². The van der Waals surface area contributed by atoms with Crippen molar-refractivity contribution in [3.8, 4) is 11.5 Å². The van der Waals surface area contributed by atoms with Crippen molar-refractivity contribution < 1.29 is 0 Å². The summed E-state index contributed by atoms with van der Waals surface area (Å²) in [5.74, 6) is 1.99. The number of anilines is 1. The SMILES string of the molecule is CCCNc1nc(-c2cn[nH]n2)nc(C2CCCC2)c1Br. The van der Waals surface area contributed by atoms with Gasteiger partial charge in [0, 0.05) is 12.5 Å². The third-order valence-corrected chi connectivity index (χ3v) is 4.59. The zero-order valence-corrected chi connectivity index (χ0v) is 13.7. The van der Waals surface area contributed by atoms with Gasteiger partial charge in [0.15, 0.2) is 5.82 Å². The molecular formula is C14H19BrN6. The highest BCUT2D eigenvalue weighted by Crippen LogP contribution is 2.39. The minimum absolute atomic E-state index is 0.509. The molecule has 1 saturated carbocycles. The van der Waals surface area contributed by atoms with E-state index in [4.69, 9.17) is 4.98 Å². The smallest absolute Gasteiger partial charge is 0.184 e. The van der Waals surface area contributed by atoms with Crippen molar-refractivity contribution in [3.63, 3.8) is 0 Å². The molecule has 1 fully saturated rings. The van der Waals surface area contributed by atoms with Gasteiger partial charge in [-0.1, -0.05) is 19.8 Å². The zero-order chi connectivity index (χ0) is 14.7. The number of hydrogen-bond donors (Lipinski definition) is 2. The van der Waals surface area contributed by atoms with Crippen molar-refractivity contribution in [2.45, 2.75) is 44.9 Å². The fourth-order valence-electron chi connectivity index (χ4n) is 2.72. The Morgan fingerprint density at radius 1 is 1.33 bits per heavy atom. The summed E-state index contributed by atoms with van der Waals surface area (Å²) in [5, 5.41) is 13.9. The van der Waals surface area contributed by atoms with Gasteiger partial charge in [0.25, 0.3) is 0 Å². The molecule has 1 aliphatic carbocycles. The van der Waals surface area contributed by atoms with Crippen LogP contribution in [0.2, 0.25) is 0 Å². The Balaban J connectivity index is 2.02. The number of aromatic amines is 1. The molecular weight excluding hydrogens is 332 g/mol. The van der Waals surface area contributed by atoms with E-state index in [0.717, 1.165) is 29.0 Å². The minimum atomic E-state index is 0.509. The molecule has 2 heterocycles. The van der Waals surface area contributed by atoms with Crippen molar-refractivity contribution in [1.82, 2.24) is 25.4 Å². The van der Waals surface area contributed by atoms with Crippen LogP contribution in [0, 0.1) is 0 Å². The summed E-state index contributed by atoms with van der Waals surface area (Å²) in [7, 11) is 0. The molecule has 7 heteroatoms. The Morgan fingerprint density at radius 2 is 2.14 bits per heavy atom. The van der Waals surface area contributed by atoms with E-state index in [1.54, 1.807) is 6.20 Å². The van der Waals surface area contributed by atoms with Crippen LogP contribution in [0.15, 0.2) is 10.7 Å². The minimum Gasteiger partial charge on any atom is -0.369 e. The van der Waals surface area contributed by atoms with Crippen molar-refractivity contribution in [2.75, 3.05) is 11.9 Å². The Hall–Kier alpha value is -1.50. The van der Waals surface area contributed by atoms with Gasteiger partial charge in [-0.25, -0.2) is 9.97 Å². The highest BCUT2D eigenvalue weighted by atomic mass is 79.9. The lowest BCUT2D eigenvalue weighted by molar-refractivity contribution is 0.690.